The van der Waals surface area contributed by atoms with Gasteiger partial charge in [-0.1, -0.05) is 36.4 Å². The second-order valence-electron chi connectivity index (χ2n) is 10.8. The number of nitrogens with one attached hydrogen (secondary N) is 1. The van der Waals surface area contributed by atoms with Crippen molar-refractivity contribution < 1.29 is 9.18 Å². The first-order valence-electron chi connectivity index (χ1n) is 11.9. The largest absolute Gasteiger partial charge is 0.350 e. The molecule has 0 radical (unpaired) electrons. The molecule has 4 fully saturated rings. The number of amides is 1. The van der Waals surface area contributed by atoms with Crippen LogP contribution in [0.5, 0.6) is 0 Å². The third-order valence-corrected chi connectivity index (χ3v) is 8.50. The van der Waals surface area contributed by atoms with E-state index in [0.717, 1.165) is 38.8 Å². The quantitative estimate of drug-likeness (QED) is 0.788. The van der Waals surface area contributed by atoms with Crippen molar-refractivity contribution in [3.8, 4) is 0 Å². The molecule has 2 aromatic carbocycles. The van der Waals surface area contributed by atoms with E-state index in [9.17, 15) is 9.18 Å². The minimum atomic E-state index is -0.167. The van der Waals surface area contributed by atoms with Gasteiger partial charge in [0.05, 0.1) is 6.54 Å². The fraction of sp³-hybridized carbons (Fsp3) is 0.519. The zero-order chi connectivity index (χ0) is 21.1. The lowest BCUT2D eigenvalue weighted by atomic mass is 9.45. The molecule has 162 valence electrons. The fourth-order valence-corrected chi connectivity index (χ4v) is 7.78. The Labute approximate surface area is 184 Å². The molecule has 0 saturated heterocycles. The van der Waals surface area contributed by atoms with Crippen LogP contribution in [-0.4, -0.2) is 29.4 Å². The number of rotatable bonds is 4. The predicted octanol–water partition coefficient (Wildman–Crippen LogP) is 4.59. The van der Waals surface area contributed by atoms with Gasteiger partial charge in [-0.15, -0.1) is 0 Å². The van der Waals surface area contributed by atoms with E-state index >= 15 is 0 Å². The zero-order valence-corrected chi connectivity index (χ0v) is 18.1. The van der Waals surface area contributed by atoms with Gasteiger partial charge in [0.25, 0.3) is 0 Å². The predicted molar refractivity (Wildman–Crippen MR) is 119 cm³/mol. The Balaban J connectivity index is 1.18. The van der Waals surface area contributed by atoms with Crippen LogP contribution in [0.1, 0.15) is 55.2 Å². The Bertz CT molecular complexity index is 987. The normalized spacial score (nSPS) is 33.8. The van der Waals surface area contributed by atoms with Gasteiger partial charge in [-0.3, -0.25) is 9.69 Å². The van der Waals surface area contributed by atoms with Crippen LogP contribution in [0.15, 0.2) is 48.5 Å². The van der Waals surface area contributed by atoms with Crippen molar-refractivity contribution in [1.82, 2.24) is 10.2 Å². The second-order valence-corrected chi connectivity index (χ2v) is 10.8. The molecular weight excluding hydrogens is 387 g/mol. The van der Waals surface area contributed by atoms with Gasteiger partial charge in [-0.2, -0.15) is 0 Å². The third kappa shape index (κ3) is 3.49. The van der Waals surface area contributed by atoms with Crippen molar-refractivity contribution in [3.63, 3.8) is 0 Å². The maximum Gasteiger partial charge on any atom is 0.234 e. The lowest BCUT2D eigenvalue weighted by molar-refractivity contribution is -0.129. The smallest absolute Gasteiger partial charge is 0.234 e. The molecule has 1 N–H and O–H groups in total. The second kappa shape index (κ2) is 7.16. The van der Waals surface area contributed by atoms with E-state index < -0.39 is 0 Å². The van der Waals surface area contributed by atoms with Gasteiger partial charge in [0.2, 0.25) is 5.91 Å². The maximum absolute atomic E-state index is 13.6. The number of nitrogens with zero attached hydrogens (tertiary/aromatic N) is 1. The lowest BCUT2D eigenvalue weighted by Crippen LogP contribution is -2.65. The fourth-order valence-electron chi connectivity index (χ4n) is 7.78. The van der Waals surface area contributed by atoms with E-state index in [1.54, 1.807) is 12.1 Å². The van der Waals surface area contributed by atoms with E-state index in [4.69, 9.17) is 0 Å². The van der Waals surface area contributed by atoms with E-state index in [0.29, 0.717) is 18.4 Å². The van der Waals surface area contributed by atoms with E-state index in [2.05, 4.69) is 34.5 Å². The molecule has 2 aromatic rings. The summed E-state index contributed by atoms with van der Waals surface area (Å²) in [7, 11) is 0. The molecule has 0 spiro atoms. The minimum absolute atomic E-state index is 0.0801. The first-order valence-corrected chi connectivity index (χ1v) is 11.9. The topological polar surface area (TPSA) is 32.3 Å². The molecule has 3 nitrogen and oxygen atoms in total. The first-order chi connectivity index (χ1) is 15.0. The van der Waals surface area contributed by atoms with Gasteiger partial charge in [0.15, 0.2) is 0 Å². The standard InChI is InChI=1S/C27H31FN2O/c28-24-7-5-23(6-8-24)26-12-19-11-20(13-26)15-27(14-19,18-26)29-25(31)17-30-10-9-21-3-1-2-4-22(21)16-30/h1-8,19-20H,9-18H2,(H,29,31)/t19-,20+,26-,27-. The number of carbonyl (C=O) groups excluding carboxylic acids is 1. The van der Waals surface area contributed by atoms with Crippen molar-refractivity contribution in [1.29, 1.82) is 0 Å². The van der Waals surface area contributed by atoms with Crippen LogP contribution in [0.3, 0.4) is 0 Å². The zero-order valence-electron chi connectivity index (χ0n) is 18.1. The van der Waals surface area contributed by atoms with Crippen LogP contribution in [0.4, 0.5) is 4.39 Å². The maximum atomic E-state index is 13.6. The summed E-state index contributed by atoms with van der Waals surface area (Å²) in [5.74, 6) is 1.36. The summed E-state index contributed by atoms with van der Waals surface area (Å²) in [6.45, 7) is 2.29. The Morgan fingerprint density at radius 3 is 2.45 bits per heavy atom. The van der Waals surface area contributed by atoms with Crippen molar-refractivity contribution in [2.45, 2.75) is 62.4 Å². The number of benzene rings is 2. The molecular formula is C27H31FN2O. The van der Waals surface area contributed by atoms with Crippen LogP contribution in [0.25, 0.3) is 0 Å². The molecule has 4 aliphatic carbocycles. The molecule has 1 amide bonds. The summed E-state index contributed by atoms with van der Waals surface area (Å²) in [4.78, 5) is 15.5. The van der Waals surface area contributed by atoms with Crippen molar-refractivity contribution in [2.75, 3.05) is 13.1 Å². The monoisotopic (exact) mass is 418 g/mol. The number of carbonyl (C=O) groups is 1. The third-order valence-electron chi connectivity index (χ3n) is 8.50. The molecule has 4 heteroatoms. The average molecular weight is 419 g/mol. The molecule has 4 bridgehead atoms. The Hall–Kier alpha value is -2.20. The highest BCUT2D eigenvalue weighted by molar-refractivity contribution is 5.79. The van der Waals surface area contributed by atoms with E-state index in [1.165, 1.54) is 36.0 Å². The number of hydrogen-bond acceptors (Lipinski definition) is 2. The van der Waals surface area contributed by atoms with Gasteiger partial charge in [-0.05, 0) is 91.0 Å². The highest BCUT2D eigenvalue weighted by atomic mass is 19.1. The molecule has 1 heterocycles. The summed E-state index contributed by atoms with van der Waals surface area (Å²) in [6.07, 6.45) is 7.93. The highest BCUT2D eigenvalue weighted by Gasteiger charge is 2.58. The summed E-state index contributed by atoms with van der Waals surface area (Å²) in [5, 5.41) is 3.55. The summed E-state index contributed by atoms with van der Waals surface area (Å²) >= 11 is 0. The van der Waals surface area contributed by atoms with Crippen LogP contribution >= 0.6 is 0 Å². The molecule has 31 heavy (non-hydrogen) atoms. The molecule has 5 aliphatic rings. The van der Waals surface area contributed by atoms with Gasteiger partial charge >= 0.3 is 0 Å². The highest BCUT2D eigenvalue weighted by Crippen LogP contribution is 2.62. The molecule has 4 atom stereocenters. The molecule has 7 rings (SSSR count). The Kier molecular flexibility index (Phi) is 4.50. The van der Waals surface area contributed by atoms with Crippen LogP contribution in [0.2, 0.25) is 0 Å². The first kappa shape index (κ1) is 19.5. The average Bonchev–Trinajstić information content (AvgIpc) is 2.72. The number of fused-ring (bicyclic) bond motifs is 1. The molecule has 0 unspecified atom stereocenters. The summed E-state index contributed by atoms with van der Waals surface area (Å²) < 4.78 is 13.6. The van der Waals surface area contributed by atoms with Crippen LogP contribution in [0, 0.1) is 17.7 Å². The van der Waals surface area contributed by atoms with E-state index in [-0.39, 0.29) is 22.7 Å². The molecule has 4 saturated carbocycles. The summed E-state index contributed by atoms with van der Waals surface area (Å²) in [6, 6.07) is 15.8. The lowest BCUT2D eigenvalue weighted by Gasteiger charge is -2.62. The molecule has 0 aromatic heterocycles. The Morgan fingerprint density at radius 2 is 1.71 bits per heavy atom. The van der Waals surface area contributed by atoms with Crippen molar-refractivity contribution in [3.05, 3.63) is 71.0 Å². The number of halogens is 1. The SMILES string of the molecule is O=C(CN1CCc2ccccc2C1)N[C@@]12C[C@H]3C[C@@H](C1)C[C@@](c1ccc(F)cc1)(C3)C2. The van der Waals surface area contributed by atoms with Gasteiger partial charge in [-0.25, -0.2) is 4.39 Å². The number of hydrogen-bond donors (Lipinski definition) is 1. The van der Waals surface area contributed by atoms with Crippen molar-refractivity contribution >= 4 is 5.91 Å². The Morgan fingerprint density at radius 1 is 1.00 bits per heavy atom. The molecule has 1 aliphatic heterocycles. The van der Waals surface area contributed by atoms with Crippen molar-refractivity contribution in [2.24, 2.45) is 11.8 Å². The van der Waals surface area contributed by atoms with Gasteiger partial charge in [0, 0.05) is 18.6 Å². The van der Waals surface area contributed by atoms with E-state index in [1.807, 2.05) is 12.1 Å². The van der Waals surface area contributed by atoms with Gasteiger partial charge in [0.1, 0.15) is 5.82 Å². The minimum Gasteiger partial charge on any atom is -0.350 e. The summed E-state index contributed by atoms with van der Waals surface area (Å²) in [5.41, 5.74) is 4.07. The van der Waals surface area contributed by atoms with Crippen LogP contribution in [-0.2, 0) is 23.2 Å². The van der Waals surface area contributed by atoms with Crippen LogP contribution < -0.4 is 5.32 Å². The van der Waals surface area contributed by atoms with Gasteiger partial charge < -0.3 is 5.32 Å².